The van der Waals surface area contributed by atoms with Gasteiger partial charge in [0.1, 0.15) is 0 Å². The maximum Gasteiger partial charge on any atom is 0.308 e. The normalized spacial score (nSPS) is 23.2. The first-order valence-corrected chi connectivity index (χ1v) is 5.98. The number of hydrogen-bond donors (Lipinski definition) is 2. The van der Waals surface area contributed by atoms with Crippen LogP contribution in [0, 0.1) is 5.92 Å². The summed E-state index contributed by atoms with van der Waals surface area (Å²) in [5, 5.41) is 12.1. The summed E-state index contributed by atoms with van der Waals surface area (Å²) in [6.07, 6.45) is 0.732. The highest BCUT2D eigenvalue weighted by atomic mass is 16.4. The Labute approximate surface area is 102 Å². The zero-order valence-electron chi connectivity index (χ0n) is 10.5. The quantitative estimate of drug-likeness (QED) is 0.844. The molecule has 17 heavy (non-hydrogen) atoms. The molecule has 1 aromatic rings. The molecule has 2 rings (SSSR count). The second kappa shape index (κ2) is 4.06. The Balaban J connectivity index is 1.98. The van der Waals surface area contributed by atoms with E-state index in [-0.39, 0.29) is 17.4 Å². The van der Waals surface area contributed by atoms with Crippen molar-refractivity contribution < 1.29 is 9.90 Å². The standard InChI is InChI=1S/C14H19NO2/c1-14(2,3)9-4-6-10(7-5-9)15-12-8-11(12)13(16)17/h4-7,11-12,15H,8H2,1-3H3,(H,16,17). The van der Waals surface area contributed by atoms with Crippen LogP contribution >= 0.6 is 0 Å². The van der Waals surface area contributed by atoms with E-state index in [0.29, 0.717) is 0 Å². The molecule has 1 saturated carbocycles. The molecule has 0 aliphatic heterocycles. The van der Waals surface area contributed by atoms with Crippen LogP contribution < -0.4 is 5.32 Å². The highest BCUT2D eigenvalue weighted by molar-refractivity contribution is 5.75. The summed E-state index contributed by atoms with van der Waals surface area (Å²) in [7, 11) is 0. The van der Waals surface area contributed by atoms with Crippen LogP contribution in [0.25, 0.3) is 0 Å². The molecule has 3 nitrogen and oxygen atoms in total. The van der Waals surface area contributed by atoms with Gasteiger partial charge < -0.3 is 10.4 Å². The second-order valence-corrected chi connectivity index (χ2v) is 5.76. The summed E-state index contributed by atoms with van der Waals surface area (Å²) >= 11 is 0. The van der Waals surface area contributed by atoms with Crippen LogP contribution in [0.1, 0.15) is 32.8 Å². The lowest BCUT2D eigenvalue weighted by atomic mass is 9.87. The Kier molecular flexibility index (Phi) is 2.86. The molecule has 2 unspecified atom stereocenters. The molecule has 0 heterocycles. The Morgan fingerprint density at radius 2 is 1.88 bits per heavy atom. The molecule has 2 atom stereocenters. The smallest absolute Gasteiger partial charge is 0.308 e. The molecular formula is C14H19NO2. The molecule has 1 aromatic carbocycles. The molecule has 0 saturated heterocycles. The third kappa shape index (κ3) is 2.78. The fraction of sp³-hybridized carbons (Fsp3) is 0.500. The number of nitrogens with one attached hydrogen (secondary N) is 1. The molecule has 0 bridgehead atoms. The fourth-order valence-corrected chi connectivity index (χ4v) is 1.91. The van der Waals surface area contributed by atoms with E-state index in [1.54, 1.807) is 0 Å². The lowest BCUT2D eigenvalue weighted by Gasteiger charge is -2.19. The Morgan fingerprint density at radius 1 is 1.29 bits per heavy atom. The lowest BCUT2D eigenvalue weighted by molar-refractivity contribution is -0.138. The molecule has 0 amide bonds. The molecule has 1 aliphatic carbocycles. The van der Waals surface area contributed by atoms with Gasteiger partial charge in [-0.15, -0.1) is 0 Å². The summed E-state index contributed by atoms with van der Waals surface area (Å²) in [5.41, 5.74) is 2.45. The average Bonchev–Trinajstić information content (AvgIpc) is 2.96. The number of benzene rings is 1. The number of aliphatic carboxylic acids is 1. The summed E-state index contributed by atoms with van der Waals surface area (Å²) in [6, 6.07) is 8.35. The first-order chi connectivity index (χ1) is 7.88. The molecule has 2 N–H and O–H groups in total. The van der Waals surface area contributed by atoms with Crippen LogP contribution in [0.2, 0.25) is 0 Å². The molecule has 3 heteroatoms. The molecule has 92 valence electrons. The van der Waals surface area contributed by atoms with Crippen molar-refractivity contribution in [3.05, 3.63) is 29.8 Å². The van der Waals surface area contributed by atoms with Crippen LogP contribution in [-0.4, -0.2) is 17.1 Å². The van der Waals surface area contributed by atoms with E-state index in [1.807, 2.05) is 12.1 Å². The third-order valence-corrected chi connectivity index (χ3v) is 3.21. The van der Waals surface area contributed by atoms with Crippen molar-refractivity contribution >= 4 is 11.7 Å². The van der Waals surface area contributed by atoms with Gasteiger partial charge in [-0.2, -0.15) is 0 Å². The van der Waals surface area contributed by atoms with Gasteiger partial charge in [0, 0.05) is 11.7 Å². The monoisotopic (exact) mass is 233 g/mol. The first-order valence-electron chi connectivity index (χ1n) is 5.98. The Hall–Kier alpha value is -1.51. The van der Waals surface area contributed by atoms with Crippen LogP contribution in [0.15, 0.2) is 24.3 Å². The minimum absolute atomic E-state index is 0.105. The van der Waals surface area contributed by atoms with Gasteiger partial charge in [0.2, 0.25) is 0 Å². The van der Waals surface area contributed by atoms with Crippen molar-refractivity contribution in [1.82, 2.24) is 0 Å². The van der Waals surface area contributed by atoms with E-state index in [4.69, 9.17) is 5.11 Å². The minimum atomic E-state index is -0.700. The van der Waals surface area contributed by atoms with E-state index in [2.05, 4.69) is 38.2 Å². The molecule has 0 radical (unpaired) electrons. The van der Waals surface area contributed by atoms with Gasteiger partial charge in [-0.1, -0.05) is 32.9 Å². The average molecular weight is 233 g/mol. The van der Waals surface area contributed by atoms with Gasteiger partial charge >= 0.3 is 5.97 Å². The zero-order valence-corrected chi connectivity index (χ0v) is 10.5. The van der Waals surface area contributed by atoms with E-state index in [0.717, 1.165) is 12.1 Å². The van der Waals surface area contributed by atoms with Crippen LogP contribution in [-0.2, 0) is 10.2 Å². The maximum absolute atomic E-state index is 10.7. The topological polar surface area (TPSA) is 49.3 Å². The summed E-state index contributed by atoms with van der Waals surface area (Å²) in [5.74, 6) is -0.911. The minimum Gasteiger partial charge on any atom is -0.481 e. The van der Waals surface area contributed by atoms with Crippen molar-refractivity contribution in [3.63, 3.8) is 0 Å². The van der Waals surface area contributed by atoms with Gasteiger partial charge in [-0.3, -0.25) is 4.79 Å². The Bertz CT molecular complexity index is 417. The predicted octanol–water partition coefficient (Wildman–Crippen LogP) is 2.87. The van der Waals surface area contributed by atoms with Crippen molar-refractivity contribution in [2.45, 2.75) is 38.6 Å². The van der Waals surface area contributed by atoms with Gasteiger partial charge in [0.15, 0.2) is 0 Å². The molecule has 0 aromatic heterocycles. The number of carboxylic acids is 1. The number of carboxylic acid groups (broad SMARTS) is 1. The second-order valence-electron chi connectivity index (χ2n) is 5.76. The van der Waals surface area contributed by atoms with Crippen molar-refractivity contribution in [3.8, 4) is 0 Å². The number of anilines is 1. The van der Waals surface area contributed by atoms with E-state index < -0.39 is 5.97 Å². The summed E-state index contributed by atoms with van der Waals surface area (Å²) < 4.78 is 0. The Morgan fingerprint density at radius 3 is 2.29 bits per heavy atom. The maximum atomic E-state index is 10.7. The number of carbonyl (C=O) groups is 1. The van der Waals surface area contributed by atoms with Gasteiger partial charge in [0.25, 0.3) is 0 Å². The highest BCUT2D eigenvalue weighted by Crippen LogP contribution is 2.34. The number of hydrogen-bond acceptors (Lipinski definition) is 2. The summed E-state index contributed by atoms with van der Waals surface area (Å²) in [4.78, 5) is 10.7. The van der Waals surface area contributed by atoms with Crippen LogP contribution in [0.3, 0.4) is 0 Å². The third-order valence-electron chi connectivity index (χ3n) is 3.21. The largest absolute Gasteiger partial charge is 0.481 e. The van der Waals surface area contributed by atoms with Gasteiger partial charge in [-0.25, -0.2) is 0 Å². The van der Waals surface area contributed by atoms with Crippen molar-refractivity contribution in [2.24, 2.45) is 5.92 Å². The predicted molar refractivity (Wildman–Crippen MR) is 68.3 cm³/mol. The van der Waals surface area contributed by atoms with Crippen molar-refractivity contribution in [2.75, 3.05) is 5.32 Å². The first kappa shape index (κ1) is 12.0. The van der Waals surface area contributed by atoms with Gasteiger partial charge in [0.05, 0.1) is 5.92 Å². The lowest BCUT2D eigenvalue weighted by Crippen LogP contribution is -2.12. The molecule has 0 spiro atoms. The molecule has 1 aliphatic rings. The van der Waals surface area contributed by atoms with Crippen LogP contribution in [0.4, 0.5) is 5.69 Å². The van der Waals surface area contributed by atoms with E-state index in [9.17, 15) is 4.79 Å². The number of rotatable bonds is 3. The van der Waals surface area contributed by atoms with E-state index >= 15 is 0 Å². The highest BCUT2D eigenvalue weighted by Gasteiger charge is 2.43. The van der Waals surface area contributed by atoms with E-state index in [1.165, 1.54) is 5.56 Å². The molecular weight excluding hydrogens is 214 g/mol. The summed E-state index contributed by atoms with van der Waals surface area (Å²) in [6.45, 7) is 6.53. The van der Waals surface area contributed by atoms with Crippen molar-refractivity contribution in [1.29, 1.82) is 0 Å². The SMILES string of the molecule is CC(C)(C)c1ccc(NC2CC2C(=O)O)cc1. The zero-order chi connectivity index (χ0) is 12.6. The molecule has 1 fully saturated rings. The fourth-order valence-electron chi connectivity index (χ4n) is 1.91. The van der Waals surface area contributed by atoms with Gasteiger partial charge in [-0.05, 0) is 29.5 Å². The van der Waals surface area contributed by atoms with Crippen LogP contribution in [0.5, 0.6) is 0 Å².